The topological polar surface area (TPSA) is 98.0 Å². The van der Waals surface area contributed by atoms with Crippen molar-refractivity contribution in [1.82, 2.24) is 10.2 Å². The number of hydrogen-bond acceptors (Lipinski definition) is 6. The first-order valence-electron chi connectivity index (χ1n) is 5.72. The van der Waals surface area contributed by atoms with Gasteiger partial charge in [0.25, 0.3) is 0 Å². The average Bonchev–Trinajstić information content (AvgIpc) is 2.85. The van der Waals surface area contributed by atoms with Gasteiger partial charge in [-0.15, -0.1) is 10.2 Å². The summed E-state index contributed by atoms with van der Waals surface area (Å²) in [5.41, 5.74) is 5.97. The molecule has 0 unspecified atom stereocenters. The highest BCUT2D eigenvalue weighted by molar-refractivity contribution is 8.01. The molecule has 3 N–H and O–H groups in total. The number of amides is 2. The van der Waals surface area contributed by atoms with Crippen LogP contribution in [0, 0.1) is 0 Å². The predicted octanol–water partition coefficient (Wildman–Crippen LogP) is 1.30. The van der Waals surface area contributed by atoms with Gasteiger partial charge in [-0.2, -0.15) is 0 Å². The van der Waals surface area contributed by atoms with Crippen LogP contribution in [0.15, 0.2) is 34.7 Å². The third-order valence-electron chi connectivity index (χ3n) is 2.20. The molecule has 0 bridgehead atoms. The number of nitrogens with one attached hydrogen (secondary N) is 1. The number of anilines is 1. The highest BCUT2D eigenvalue weighted by Gasteiger charge is 2.09. The van der Waals surface area contributed by atoms with Crippen molar-refractivity contribution >= 4 is 40.0 Å². The fourth-order valence-electron chi connectivity index (χ4n) is 1.40. The van der Waals surface area contributed by atoms with Crippen LogP contribution in [-0.4, -0.2) is 27.8 Å². The summed E-state index contributed by atoms with van der Waals surface area (Å²) in [6.07, 6.45) is 0.282. The summed E-state index contributed by atoms with van der Waals surface area (Å²) in [4.78, 5) is 22.5. The number of carbonyl (C=O) groups excluding carboxylic acids is 2. The van der Waals surface area contributed by atoms with E-state index < -0.39 is 5.91 Å². The Hall–Kier alpha value is -1.93. The fourth-order valence-corrected chi connectivity index (χ4v) is 2.90. The minimum Gasteiger partial charge on any atom is -0.369 e. The van der Waals surface area contributed by atoms with E-state index in [1.165, 1.54) is 23.1 Å². The van der Waals surface area contributed by atoms with Crippen molar-refractivity contribution in [2.45, 2.75) is 10.8 Å². The standard InChI is InChI=1S/C12H12N4O2S2/c13-9(17)7-19-12-16-15-11(20-12)14-10(18)6-8-4-2-1-3-5-8/h1-5H,6-7H2,(H2,13,17)(H,14,15,18). The molecule has 0 aliphatic heterocycles. The molecule has 1 aromatic carbocycles. The van der Waals surface area contributed by atoms with E-state index >= 15 is 0 Å². The molecule has 0 aliphatic rings. The van der Waals surface area contributed by atoms with Gasteiger partial charge < -0.3 is 11.1 Å². The highest BCUT2D eigenvalue weighted by Crippen LogP contribution is 2.25. The first-order chi connectivity index (χ1) is 9.63. The van der Waals surface area contributed by atoms with Crippen molar-refractivity contribution in [1.29, 1.82) is 0 Å². The lowest BCUT2D eigenvalue weighted by molar-refractivity contribution is -0.116. The number of benzene rings is 1. The molecule has 0 fully saturated rings. The molecule has 2 amide bonds. The zero-order chi connectivity index (χ0) is 14.4. The lowest BCUT2D eigenvalue weighted by atomic mass is 10.1. The molecule has 0 radical (unpaired) electrons. The number of hydrogen-bond donors (Lipinski definition) is 2. The first-order valence-corrected chi connectivity index (χ1v) is 7.52. The van der Waals surface area contributed by atoms with Gasteiger partial charge in [-0.05, 0) is 5.56 Å². The Labute approximate surface area is 123 Å². The maximum Gasteiger partial charge on any atom is 0.230 e. The zero-order valence-corrected chi connectivity index (χ0v) is 12.0. The summed E-state index contributed by atoms with van der Waals surface area (Å²) < 4.78 is 0.596. The van der Waals surface area contributed by atoms with Gasteiger partial charge >= 0.3 is 0 Å². The van der Waals surface area contributed by atoms with Crippen molar-refractivity contribution < 1.29 is 9.59 Å². The van der Waals surface area contributed by atoms with Crippen molar-refractivity contribution in [3.8, 4) is 0 Å². The Bertz CT molecular complexity index is 601. The smallest absolute Gasteiger partial charge is 0.230 e. The molecule has 20 heavy (non-hydrogen) atoms. The number of rotatable bonds is 6. The summed E-state index contributed by atoms with van der Waals surface area (Å²) in [7, 11) is 0. The largest absolute Gasteiger partial charge is 0.369 e. The number of primary amides is 1. The number of carbonyl (C=O) groups is 2. The van der Waals surface area contributed by atoms with Crippen LogP contribution in [0.1, 0.15) is 5.56 Å². The molecule has 1 aromatic heterocycles. The van der Waals surface area contributed by atoms with Crippen LogP contribution in [0.2, 0.25) is 0 Å². The van der Waals surface area contributed by atoms with Gasteiger partial charge in [-0.3, -0.25) is 9.59 Å². The van der Waals surface area contributed by atoms with Crippen LogP contribution in [0.3, 0.4) is 0 Å². The summed E-state index contributed by atoms with van der Waals surface area (Å²) in [6, 6.07) is 9.42. The van der Waals surface area contributed by atoms with Crippen molar-refractivity contribution in [2.24, 2.45) is 5.73 Å². The van der Waals surface area contributed by atoms with E-state index in [2.05, 4.69) is 15.5 Å². The van der Waals surface area contributed by atoms with Crippen molar-refractivity contribution in [3.63, 3.8) is 0 Å². The van der Waals surface area contributed by atoms with Crippen LogP contribution < -0.4 is 11.1 Å². The molecular formula is C12H12N4O2S2. The van der Waals surface area contributed by atoms with Gasteiger partial charge in [-0.1, -0.05) is 53.4 Å². The normalized spacial score (nSPS) is 10.2. The first kappa shape index (κ1) is 14.5. The Morgan fingerprint density at radius 2 is 2.00 bits per heavy atom. The van der Waals surface area contributed by atoms with Gasteiger partial charge in [-0.25, -0.2) is 0 Å². The molecule has 0 spiro atoms. The molecular weight excluding hydrogens is 296 g/mol. The van der Waals surface area contributed by atoms with Crippen LogP contribution in [0.4, 0.5) is 5.13 Å². The Balaban J connectivity index is 1.87. The molecule has 2 aromatic rings. The summed E-state index contributed by atoms with van der Waals surface area (Å²) >= 11 is 2.41. The number of thioether (sulfide) groups is 1. The molecule has 0 atom stereocenters. The number of aromatic nitrogens is 2. The molecule has 1 heterocycles. The molecule has 0 saturated heterocycles. The maximum absolute atomic E-state index is 11.8. The van der Waals surface area contributed by atoms with Gasteiger partial charge in [0.2, 0.25) is 16.9 Å². The van der Waals surface area contributed by atoms with Crippen LogP contribution >= 0.6 is 23.1 Å². The molecule has 0 saturated carbocycles. The van der Waals surface area contributed by atoms with Gasteiger partial charge in [0.1, 0.15) is 0 Å². The molecule has 8 heteroatoms. The van der Waals surface area contributed by atoms with Crippen LogP contribution in [0.25, 0.3) is 0 Å². The summed E-state index contributed by atoms with van der Waals surface area (Å²) in [5.74, 6) is -0.425. The Kier molecular flexibility index (Phi) is 5.08. The zero-order valence-electron chi connectivity index (χ0n) is 10.4. The third kappa shape index (κ3) is 4.63. The lowest BCUT2D eigenvalue weighted by Crippen LogP contribution is -2.14. The van der Waals surface area contributed by atoms with Crippen LogP contribution in [0.5, 0.6) is 0 Å². The minimum atomic E-state index is -0.417. The van der Waals surface area contributed by atoms with Gasteiger partial charge in [0, 0.05) is 0 Å². The van der Waals surface area contributed by atoms with Gasteiger partial charge in [0.05, 0.1) is 12.2 Å². The minimum absolute atomic E-state index is 0.145. The summed E-state index contributed by atoms with van der Waals surface area (Å²) in [5, 5.41) is 10.8. The van der Waals surface area contributed by atoms with E-state index in [-0.39, 0.29) is 18.1 Å². The Morgan fingerprint density at radius 3 is 2.70 bits per heavy atom. The summed E-state index contributed by atoms with van der Waals surface area (Å²) in [6.45, 7) is 0. The second-order valence-electron chi connectivity index (χ2n) is 3.84. The molecule has 0 aliphatic carbocycles. The van der Waals surface area contributed by atoms with Crippen molar-refractivity contribution in [2.75, 3.05) is 11.1 Å². The monoisotopic (exact) mass is 308 g/mol. The highest BCUT2D eigenvalue weighted by atomic mass is 32.2. The number of nitrogens with zero attached hydrogens (tertiary/aromatic N) is 2. The van der Waals surface area contributed by atoms with E-state index in [0.717, 1.165) is 5.56 Å². The quantitative estimate of drug-likeness (QED) is 0.619. The lowest BCUT2D eigenvalue weighted by Gasteiger charge is -2.00. The van der Waals surface area contributed by atoms with E-state index in [0.29, 0.717) is 9.47 Å². The predicted molar refractivity (Wildman–Crippen MR) is 78.6 cm³/mol. The SMILES string of the molecule is NC(=O)CSc1nnc(NC(=O)Cc2ccccc2)s1. The van der Waals surface area contributed by atoms with Crippen LogP contribution in [-0.2, 0) is 16.0 Å². The van der Waals surface area contributed by atoms with Gasteiger partial charge in [0.15, 0.2) is 4.34 Å². The third-order valence-corrected chi connectivity index (χ3v) is 4.19. The average molecular weight is 308 g/mol. The van der Waals surface area contributed by atoms with Crippen molar-refractivity contribution in [3.05, 3.63) is 35.9 Å². The van der Waals surface area contributed by atoms with E-state index in [1.54, 1.807) is 0 Å². The number of nitrogens with two attached hydrogens (primary N) is 1. The second kappa shape index (κ2) is 7.01. The maximum atomic E-state index is 11.8. The van der Waals surface area contributed by atoms with E-state index in [4.69, 9.17) is 5.73 Å². The molecule has 6 nitrogen and oxygen atoms in total. The van der Waals surface area contributed by atoms with E-state index in [9.17, 15) is 9.59 Å². The van der Waals surface area contributed by atoms with E-state index in [1.807, 2.05) is 30.3 Å². The fraction of sp³-hybridized carbons (Fsp3) is 0.167. The Morgan fingerprint density at radius 1 is 1.25 bits per heavy atom. The molecule has 104 valence electrons. The molecule has 2 rings (SSSR count). The second-order valence-corrected chi connectivity index (χ2v) is 6.04.